The maximum atomic E-state index is 12.1. The summed E-state index contributed by atoms with van der Waals surface area (Å²) in [6.07, 6.45) is 0. The third-order valence-corrected chi connectivity index (χ3v) is 3.40. The van der Waals surface area contributed by atoms with Crippen LogP contribution in [-0.4, -0.2) is 43.0 Å². The summed E-state index contributed by atoms with van der Waals surface area (Å²) >= 11 is 0. The van der Waals surface area contributed by atoms with E-state index in [9.17, 15) is 8.78 Å². The second-order valence-electron chi connectivity index (χ2n) is 4.78. The third kappa shape index (κ3) is 3.30. The van der Waals surface area contributed by atoms with Crippen molar-refractivity contribution in [3.8, 4) is 17.0 Å². The minimum atomic E-state index is -2.80. The van der Waals surface area contributed by atoms with Crippen LogP contribution in [0.25, 0.3) is 11.3 Å². The molecule has 0 spiro atoms. The summed E-state index contributed by atoms with van der Waals surface area (Å²) in [5.41, 5.74) is 1.73. The largest absolute Gasteiger partial charge is 0.435 e. The van der Waals surface area contributed by atoms with Gasteiger partial charge in [-0.2, -0.15) is 13.9 Å². The summed E-state index contributed by atoms with van der Waals surface area (Å²) in [7, 11) is 0. The predicted octanol–water partition coefficient (Wildman–Crippen LogP) is 2.09. The molecule has 0 atom stereocenters. The molecule has 1 aliphatic heterocycles. The van der Waals surface area contributed by atoms with Crippen molar-refractivity contribution in [2.75, 3.05) is 31.1 Å². The Balaban J connectivity index is 1.73. The van der Waals surface area contributed by atoms with E-state index in [0.29, 0.717) is 0 Å². The summed E-state index contributed by atoms with van der Waals surface area (Å²) in [4.78, 5) is 2.20. The standard InChI is InChI=1S/C14H16F2N4O/c15-14(16)21-11-3-1-10(2-4-11)12-9-13(19-18-12)20-7-5-17-6-8-20/h1-4,9,14,17H,5-8H2,(H,18,19). The number of halogens is 2. The van der Waals surface area contributed by atoms with Crippen LogP contribution in [0.1, 0.15) is 0 Å². The molecule has 21 heavy (non-hydrogen) atoms. The highest BCUT2D eigenvalue weighted by Gasteiger charge is 2.14. The van der Waals surface area contributed by atoms with E-state index in [-0.39, 0.29) is 5.75 Å². The fraction of sp³-hybridized carbons (Fsp3) is 0.357. The number of benzene rings is 1. The lowest BCUT2D eigenvalue weighted by molar-refractivity contribution is -0.0498. The number of nitrogens with one attached hydrogen (secondary N) is 2. The van der Waals surface area contributed by atoms with Crippen LogP contribution < -0.4 is 15.0 Å². The number of anilines is 1. The molecule has 3 rings (SSSR count). The summed E-state index contributed by atoms with van der Waals surface area (Å²) in [5.74, 6) is 1.05. The molecule has 112 valence electrons. The zero-order valence-electron chi connectivity index (χ0n) is 11.4. The van der Waals surface area contributed by atoms with E-state index in [4.69, 9.17) is 0 Å². The second-order valence-corrected chi connectivity index (χ2v) is 4.78. The van der Waals surface area contributed by atoms with Gasteiger partial charge in [-0.15, -0.1) is 0 Å². The number of ether oxygens (including phenoxy) is 1. The van der Waals surface area contributed by atoms with Gasteiger partial charge < -0.3 is 15.0 Å². The molecule has 5 nitrogen and oxygen atoms in total. The minimum absolute atomic E-state index is 0.149. The highest BCUT2D eigenvalue weighted by Crippen LogP contribution is 2.24. The normalized spacial score (nSPS) is 15.5. The average Bonchev–Trinajstić information content (AvgIpc) is 2.98. The van der Waals surface area contributed by atoms with Crippen molar-refractivity contribution < 1.29 is 13.5 Å². The molecule has 2 heterocycles. The quantitative estimate of drug-likeness (QED) is 0.906. The highest BCUT2D eigenvalue weighted by molar-refractivity contribution is 5.64. The first-order valence-electron chi connectivity index (χ1n) is 6.79. The molecule has 0 amide bonds. The molecule has 2 aromatic rings. The van der Waals surface area contributed by atoms with Gasteiger partial charge in [0.1, 0.15) is 5.75 Å². The molecule has 1 fully saturated rings. The summed E-state index contributed by atoms with van der Waals surface area (Å²) in [6, 6.07) is 8.47. The molecule has 0 unspecified atom stereocenters. The fourth-order valence-corrected chi connectivity index (χ4v) is 2.33. The number of rotatable bonds is 4. The Morgan fingerprint density at radius 3 is 2.52 bits per heavy atom. The molecule has 0 saturated carbocycles. The summed E-state index contributed by atoms with van der Waals surface area (Å²) in [5, 5.41) is 10.6. The van der Waals surface area contributed by atoms with Gasteiger partial charge in [0.2, 0.25) is 0 Å². The second kappa shape index (κ2) is 6.09. The number of hydrogen-bond donors (Lipinski definition) is 2. The van der Waals surface area contributed by atoms with Gasteiger partial charge in [0, 0.05) is 32.2 Å². The first-order valence-corrected chi connectivity index (χ1v) is 6.79. The minimum Gasteiger partial charge on any atom is -0.435 e. The van der Waals surface area contributed by atoms with Crippen molar-refractivity contribution in [2.24, 2.45) is 0 Å². The Kier molecular flexibility index (Phi) is 4.01. The molecule has 1 aromatic heterocycles. The van der Waals surface area contributed by atoms with E-state index in [2.05, 4.69) is 25.2 Å². The van der Waals surface area contributed by atoms with Crippen LogP contribution >= 0.6 is 0 Å². The molecule has 1 aromatic carbocycles. The number of hydrogen-bond acceptors (Lipinski definition) is 4. The van der Waals surface area contributed by atoms with Crippen molar-refractivity contribution >= 4 is 5.82 Å². The van der Waals surface area contributed by atoms with E-state index < -0.39 is 6.61 Å². The number of aromatic amines is 1. The fourth-order valence-electron chi connectivity index (χ4n) is 2.33. The number of H-pyrrole nitrogens is 1. The third-order valence-electron chi connectivity index (χ3n) is 3.40. The molecule has 0 aliphatic carbocycles. The zero-order valence-corrected chi connectivity index (χ0v) is 11.4. The number of aromatic nitrogens is 2. The van der Waals surface area contributed by atoms with Gasteiger partial charge in [-0.1, -0.05) is 0 Å². The van der Waals surface area contributed by atoms with E-state index in [0.717, 1.165) is 43.3 Å². The maximum absolute atomic E-state index is 12.1. The van der Waals surface area contributed by atoms with E-state index in [1.54, 1.807) is 12.1 Å². The first kappa shape index (κ1) is 13.8. The van der Waals surface area contributed by atoms with Gasteiger partial charge in [-0.05, 0) is 29.8 Å². The predicted molar refractivity (Wildman–Crippen MR) is 75.7 cm³/mol. The van der Waals surface area contributed by atoms with Gasteiger partial charge in [-0.25, -0.2) is 0 Å². The van der Waals surface area contributed by atoms with Gasteiger partial charge >= 0.3 is 6.61 Å². The van der Waals surface area contributed by atoms with Crippen LogP contribution in [0.3, 0.4) is 0 Å². The number of alkyl halides is 2. The Bertz CT molecular complexity index is 579. The molecule has 1 aliphatic rings. The van der Waals surface area contributed by atoms with Crippen molar-refractivity contribution in [3.63, 3.8) is 0 Å². The van der Waals surface area contributed by atoms with Gasteiger partial charge in [0.15, 0.2) is 5.82 Å². The van der Waals surface area contributed by atoms with E-state index in [1.165, 1.54) is 12.1 Å². The highest BCUT2D eigenvalue weighted by atomic mass is 19.3. The number of nitrogens with zero attached hydrogens (tertiary/aromatic N) is 2. The van der Waals surface area contributed by atoms with Crippen LogP contribution in [0, 0.1) is 0 Å². The van der Waals surface area contributed by atoms with Gasteiger partial charge in [-0.3, -0.25) is 5.10 Å². The first-order chi connectivity index (χ1) is 10.2. The summed E-state index contributed by atoms with van der Waals surface area (Å²) < 4.78 is 28.5. The van der Waals surface area contributed by atoms with Crippen LogP contribution in [0.5, 0.6) is 5.75 Å². The smallest absolute Gasteiger partial charge is 0.387 e. The van der Waals surface area contributed by atoms with Gasteiger partial charge in [0.05, 0.1) is 5.69 Å². The molecule has 2 N–H and O–H groups in total. The van der Waals surface area contributed by atoms with Crippen LogP contribution in [0.4, 0.5) is 14.6 Å². The Labute approximate surface area is 120 Å². The zero-order chi connectivity index (χ0) is 14.7. The van der Waals surface area contributed by atoms with Crippen molar-refractivity contribution in [1.29, 1.82) is 0 Å². The lowest BCUT2D eigenvalue weighted by atomic mass is 10.1. The Morgan fingerprint density at radius 1 is 1.14 bits per heavy atom. The Morgan fingerprint density at radius 2 is 1.86 bits per heavy atom. The van der Waals surface area contributed by atoms with E-state index >= 15 is 0 Å². The average molecular weight is 294 g/mol. The lowest BCUT2D eigenvalue weighted by Gasteiger charge is -2.26. The molecule has 0 bridgehead atoms. The van der Waals surface area contributed by atoms with Gasteiger partial charge in [0.25, 0.3) is 0 Å². The van der Waals surface area contributed by atoms with E-state index in [1.807, 2.05) is 6.07 Å². The van der Waals surface area contributed by atoms with Crippen molar-refractivity contribution in [1.82, 2.24) is 15.5 Å². The molecular weight excluding hydrogens is 278 g/mol. The van der Waals surface area contributed by atoms with Crippen LogP contribution in [0.2, 0.25) is 0 Å². The molecular formula is C14H16F2N4O. The monoisotopic (exact) mass is 294 g/mol. The molecule has 0 radical (unpaired) electrons. The van der Waals surface area contributed by atoms with Crippen molar-refractivity contribution in [3.05, 3.63) is 30.3 Å². The van der Waals surface area contributed by atoms with Crippen LogP contribution in [-0.2, 0) is 0 Å². The molecule has 1 saturated heterocycles. The topological polar surface area (TPSA) is 53.2 Å². The maximum Gasteiger partial charge on any atom is 0.387 e. The number of piperazine rings is 1. The Hall–Kier alpha value is -2.15. The lowest BCUT2D eigenvalue weighted by Crippen LogP contribution is -2.43. The summed E-state index contributed by atoms with van der Waals surface area (Å²) in [6.45, 7) is 0.933. The molecule has 7 heteroatoms. The van der Waals surface area contributed by atoms with Crippen molar-refractivity contribution in [2.45, 2.75) is 6.61 Å². The van der Waals surface area contributed by atoms with Crippen LogP contribution in [0.15, 0.2) is 30.3 Å². The SMILES string of the molecule is FC(F)Oc1ccc(-c2cc(N3CCNCC3)n[nH]2)cc1.